The quantitative estimate of drug-likeness (QED) is 0.905. The number of piperidine rings is 1. The number of para-hydroxylation sites is 1. The number of carbonyl (C=O) groups excluding carboxylic acids is 1. The van der Waals surface area contributed by atoms with Gasteiger partial charge in [0.05, 0.1) is 10.2 Å². The molecule has 3 rings (SSSR count). The zero-order valence-corrected chi connectivity index (χ0v) is 15.4. The molecule has 2 aromatic rings. The Balaban J connectivity index is 1.68. The van der Waals surface area contributed by atoms with Crippen LogP contribution >= 0.6 is 11.3 Å². The summed E-state index contributed by atoms with van der Waals surface area (Å²) >= 11 is 1.72. The van der Waals surface area contributed by atoms with E-state index in [0.717, 1.165) is 23.6 Å². The van der Waals surface area contributed by atoms with E-state index in [-0.39, 0.29) is 12.1 Å². The summed E-state index contributed by atoms with van der Waals surface area (Å²) in [6.07, 6.45) is 3.06. The third-order valence-electron chi connectivity index (χ3n) is 4.04. The number of amides is 1. The summed E-state index contributed by atoms with van der Waals surface area (Å²) < 4.78 is 6.54. The molecule has 1 atom stereocenters. The van der Waals surface area contributed by atoms with Gasteiger partial charge in [-0.1, -0.05) is 23.5 Å². The molecule has 130 valence electrons. The summed E-state index contributed by atoms with van der Waals surface area (Å²) in [5.41, 5.74) is 0.575. The first-order valence-corrected chi connectivity index (χ1v) is 9.33. The van der Waals surface area contributed by atoms with Crippen LogP contribution in [0.3, 0.4) is 0 Å². The molecule has 1 aliphatic heterocycles. The van der Waals surface area contributed by atoms with Crippen LogP contribution in [-0.4, -0.2) is 35.8 Å². The molecule has 5 nitrogen and oxygen atoms in total. The number of hydrogen-bond donors (Lipinski definition) is 1. The monoisotopic (exact) mass is 347 g/mol. The Bertz CT molecular complexity index is 675. The summed E-state index contributed by atoms with van der Waals surface area (Å²) in [5.74, 6) is 0. The molecule has 0 bridgehead atoms. The molecule has 0 unspecified atom stereocenters. The van der Waals surface area contributed by atoms with E-state index >= 15 is 0 Å². The Kier molecular flexibility index (Phi) is 4.94. The van der Waals surface area contributed by atoms with E-state index < -0.39 is 5.60 Å². The second-order valence-electron chi connectivity index (χ2n) is 7.19. The Morgan fingerprint density at radius 3 is 2.92 bits per heavy atom. The zero-order valence-electron chi connectivity index (χ0n) is 14.5. The number of benzene rings is 1. The van der Waals surface area contributed by atoms with Gasteiger partial charge in [-0.3, -0.25) is 0 Å². The van der Waals surface area contributed by atoms with Gasteiger partial charge in [-0.2, -0.15) is 0 Å². The van der Waals surface area contributed by atoms with Gasteiger partial charge in [0, 0.05) is 19.1 Å². The molecule has 2 heterocycles. The number of carbonyl (C=O) groups is 1. The number of nitrogens with one attached hydrogen (secondary N) is 1. The molecule has 0 aliphatic carbocycles. The smallest absolute Gasteiger partial charge is 0.407 e. The Morgan fingerprint density at radius 1 is 1.38 bits per heavy atom. The van der Waals surface area contributed by atoms with E-state index in [1.165, 1.54) is 17.5 Å². The molecule has 1 N–H and O–H groups in total. The van der Waals surface area contributed by atoms with Gasteiger partial charge in [0.2, 0.25) is 0 Å². The molecule has 1 aliphatic rings. The topological polar surface area (TPSA) is 54.5 Å². The number of ether oxygens (including phenoxy) is 1. The number of nitrogens with zero attached hydrogens (tertiary/aromatic N) is 2. The fourth-order valence-corrected chi connectivity index (χ4v) is 4.03. The maximum absolute atomic E-state index is 11.9. The first kappa shape index (κ1) is 17.0. The number of thiazole rings is 1. The van der Waals surface area contributed by atoms with E-state index in [9.17, 15) is 4.79 Å². The minimum atomic E-state index is -0.469. The molecule has 0 saturated carbocycles. The normalized spacial score (nSPS) is 18.6. The van der Waals surface area contributed by atoms with Crippen molar-refractivity contribution in [3.8, 4) is 0 Å². The van der Waals surface area contributed by atoms with Crippen LogP contribution in [0, 0.1) is 0 Å². The lowest BCUT2D eigenvalue weighted by Crippen LogP contribution is -2.47. The van der Waals surface area contributed by atoms with Crippen LogP contribution in [0.5, 0.6) is 0 Å². The SMILES string of the molecule is CC(C)(C)OC(=O)NC[C@@H]1CCCCN1c1nc2ccccc2s1. The third kappa shape index (κ3) is 4.17. The standard InChI is InChI=1S/C18H25N3O2S/c1-18(2,3)23-17(22)19-12-13-8-6-7-11-21(13)16-20-14-9-4-5-10-15(14)24-16/h4-5,9-10,13H,6-8,11-12H2,1-3H3,(H,19,22)/t13-/m0/s1. The van der Waals surface area contributed by atoms with Gasteiger partial charge in [-0.25, -0.2) is 9.78 Å². The minimum Gasteiger partial charge on any atom is -0.444 e. The molecule has 1 aromatic heterocycles. The molecule has 0 radical (unpaired) electrons. The summed E-state index contributed by atoms with van der Waals surface area (Å²) in [6.45, 7) is 7.20. The fraction of sp³-hybridized carbons (Fsp3) is 0.556. The van der Waals surface area contributed by atoms with Crippen molar-refractivity contribution < 1.29 is 9.53 Å². The van der Waals surface area contributed by atoms with Gasteiger partial charge >= 0.3 is 6.09 Å². The van der Waals surface area contributed by atoms with Crippen molar-refractivity contribution in [3.05, 3.63) is 24.3 Å². The first-order chi connectivity index (χ1) is 11.4. The van der Waals surface area contributed by atoms with E-state index in [0.29, 0.717) is 6.54 Å². The second kappa shape index (κ2) is 6.97. The highest BCUT2D eigenvalue weighted by Gasteiger charge is 2.26. The van der Waals surface area contributed by atoms with Gasteiger partial charge in [-0.05, 0) is 52.2 Å². The molecular formula is C18H25N3O2S. The number of alkyl carbamates (subject to hydrolysis) is 1. The highest BCUT2D eigenvalue weighted by Crippen LogP contribution is 2.32. The lowest BCUT2D eigenvalue weighted by Gasteiger charge is -2.35. The molecule has 6 heteroatoms. The van der Waals surface area contributed by atoms with Crippen LogP contribution in [0.2, 0.25) is 0 Å². The Hall–Kier alpha value is -1.82. The third-order valence-corrected chi connectivity index (χ3v) is 5.11. The molecule has 24 heavy (non-hydrogen) atoms. The first-order valence-electron chi connectivity index (χ1n) is 8.51. The number of rotatable bonds is 3. The number of aromatic nitrogens is 1. The summed E-state index contributed by atoms with van der Waals surface area (Å²) in [4.78, 5) is 19.0. The van der Waals surface area contributed by atoms with Crippen LogP contribution in [0.1, 0.15) is 40.0 Å². The van der Waals surface area contributed by atoms with E-state index in [1.807, 2.05) is 39.0 Å². The van der Waals surface area contributed by atoms with Crippen LogP contribution in [0.25, 0.3) is 10.2 Å². The average molecular weight is 347 g/mol. The summed E-state index contributed by atoms with van der Waals surface area (Å²) in [7, 11) is 0. The second-order valence-corrected chi connectivity index (χ2v) is 8.20. The number of hydrogen-bond acceptors (Lipinski definition) is 5. The summed E-state index contributed by atoms with van der Waals surface area (Å²) in [5, 5.41) is 3.96. The van der Waals surface area contributed by atoms with Gasteiger partial charge < -0.3 is 15.0 Å². The molecule has 1 aromatic carbocycles. The largest absolute Gasteiger partial charge is 0.444 e. The maximum Gasteiger partial charge on any atom is 0.407 e. The summed E-state index contributed by atoms with van der Waals surface area (Å²) in [6, 6.07) is 8.49. The van der Waals surface area contributed by atoms with Crippen molar-refractivity contribution in [2.75, 3.05) is 18.0 Å². The maximum atomic E-state index is 11.9. The number of anilines is 1. The highest BCUT2D eigenvalue weighted by atomic mass is 32.1. The van der Waals surface area contributed by atoms with Crippen LogP contribution in [-0.2, 0) is 4.74 Å². The van der Waals surface area contributed by atoms with Gasteiger partial charge in [0.1, 0.15) is 5.60 Å². The fourth-order valence-electron chi connectivity index (χ4n) is 2.96. The zero-order chi connectivity index (χ0) is 17.2. The van der Waals surface area contributed by atoms with E-state index in [4.69, 9.17) is 9.72 Å². The molecule has 0 spiro atoms. The molecule has 1 fully saturated rings. The number of fused-ring (bicyclic) bond motifs is 1. The van der Waals surface area contributed by atoms with Gasteiger partial charge in [-0.15, -0.1) is 0 Å². The Labute approximate surface area is 147 Å². The van der Waals surface area contributed by atoms with Crippen molar-refractivity contribution >= 4 is 32.8 Å². The van der Waals surface area contributed by atoms with Crippen molar-refractivity contribution in [1.82, 2.24) is 10.3 Å². The molecule has 1 amide bonds. The highest BCUT2D eigenvalue weighted by molar-refractivity contribution is 7.22. The van der Waals surface area contributed by atoms with Gasteiger partial charge in [0.15, 0.2) is 5.13 Å². The average Bonchev–Trinajstić information content (AvgIpc) is 2.95. The predicted molar refractivity (Wildman–Crippen MR) is 98.8 cm³/mol. The predicted octanol–water partition coefficient (Wildman–Crippen LogP) is 4.18. The van der Waals surface area contributed by atoms with Crippen LogP contribution in [0.4, 0.5) is 9.93 Å². The lowest BCUT2D eigenvalue weighted by molar-refractivity contribution is 0.0523. The molecule has 1 saturated heterocycles. The van der Waals surface area contributed by atoms with Gasteiger partial charge in [0.25, 0.3) is 0 Å². The van der Waals surface area contributed by atoms with E-state index in [1.54, 1.807) is 11.3 Å². The molecular weight excluding hydrogens is 322 g/mol. The van der Waals surface area contributed by atoms with Crippen molar-refractivity contribution in [3.63, 3.8) is 0 Å². The van der Waals surface area contributed by atoms with Crippen LogP contribution in [0.15, 0.2) is 24.3 Å². The van der Waals surface area contributed by atoms with E-state index in [2.05, 4.69) is 16.3 Å². The minimum absolute atomic E-state index is 0.270. The van der Waals surface area contributed by atoms with Crippen molar-refractivity contribution in [1.29, 1.82) is 0 Å². The van der Waals surface area contributed by atoms with Crippen molar-refractivity contribution in [2.45, 2.75) is 51.7 Å². The Morgan fingerprint density at radius 2 is 2.17 bits per heavy atom. The van der Waals surface area contributed by atoms with Crippen molar-refractivity contribution in [2.24, 2.45) is 0 Å². The van der Waals surface area contributed by atoms with Crippen LogP contribution < -0.4 is 10.2 Å². The lowest BCUT2D eigenvalue weighted by atomic mass is 10.0.